The Morgan fingerprint density at radius 2 is 1.84 bits per heavy atom. The van der Waals surface area contributed by atoms with Crippen LogP contribution in [0.2, 0.25) is 0 Å². The Hall–Kier alpha value is 1.37. The van der Waals surface area contributed by atoms with Gasteiger partial charge in [-0.3, -0.25) is 0 Å². The molecule has 19 heavy (non-hydrogen) atoms. The van der Waals surface area contributed by atoms with Crippen LogP contribution in [0.1, 0.15) is 18.9 Å². The van der Waals surface area contributed by atoms with Gasteiger partial charge in [-0.2, -0.15) is 0 Å². The van der Waals surface area contributed by atoms with E-state index >= 15 is 0 Å². The predicted molar refractivity (Wildman–Crippen MR) is 103 cm³/mol. The zero-order valence-corrected chi connectivity index (χ0v) is 16.0. The van der Waals surface area contributed by atoms with Gasteiger partial charge in [0, 0.05) is 5.56 Å². The van der Waals surface area contributed by atoms with E-state index in [1.807, 2.05) is 30.4 Å². The summed E-state index contributed by atoms with van der Waals surface area (Å²) in [6.07, 6.45) is 1.15. The summed E-state index contributed by atoms with van der Waals surface area (Å²) >= 11 is 5.74. The van der Waals surface area contributed by atoms with E-state index in [0.29, 0.717) is 0 Å². The maximum Gasteiger partial charge on any atom is 0.222 e. The lowest BCUT2D eigenvalue weighted by Gasteiger charge is -2.31. The van der Waals surface area contributed by atoms with Crippen LogP contribution in [0.5, 0.6) is 0 Å². The van der Waals surface area contributed by atoms with Gasteiger partial charge in [0.2, 0.25) is 4.87 Å². The molecule has 0 amide bonds. The van der Waals surface area contributed by atoms with Gasteiger partial charge in [0.25, 0.3) is 0 Å². The largest absolute Gasteiger partial charge is 0.323 e. The molecular weight excluding hydrogens is 371 g/mol. The van der Waals surface area contributed by atoms with Crippen LogP contribution in [0.15, 0.2) is 30.3 Å². The van der Waals surface area contributed by atoms with E-state index < -0.39 is 0 Å². The van der Waals surface area contributed by atoms with Gasteiger partial charge in [-0.15, -0.1) is 0 Å². The van der Waals surface area contributed by atoms with Gasteiger partial charge in [-0.25, -0.2) is 0 Å². The predicted octanol–water partition coefficient (Wildman–Crippen LogP) is 5.13. The van der Waals surface area contributed by atoms with E-state index in [1.165, 1.54) is 5.56 Å². The van der Waals surface area contributed by atoms with Gasteiger partial charge in [0.1, 0.15) is 4.20 Å². The number of quaternary nitrogens is 1. The molecule has 0 bridgehead atoms. The van der Waals surface area contributed by atoms with Crippen molar-refractivity contribution in [1.82, 2.24) is 0 Å². The van der Waals surface area contributed by atoms with Crippen molar-refractivity contribution in [2.24, 2.45) is 0 Å². The summed E-state index contributed by atoms with van der Waals surface area (Å²) in [4.78, 5) is -0.150. The van der Waals surface area contributed by atoms with Crippen LogP contribution in [-0.2, 0) is 4.87 Å². The van der Waals surface area contributed by atoms with Crippen LogP contribution in [0.3, 0.4) is 0 Å². The quantitative estimate of drug-likeness (QED) is 0.565. The highest BCUT2D eigenvalue weighted by molar-refractivity contribution is 9.43. The third-order valence-electron chi connectivity index (χ3n) is 2.58. The van der Waals surface area contributed by atoms with Crippen molar-refractivity contribution >= 4 is 77.3 Å². The maximum atomic E-state index is 5.74. The third-order valence-corrected chi connectivity index (χ3v) is 14.8. The fraction of sp³-hybridized carbons (Fsp3) is 0.364. The average Bonchev–Trinajstić information content (AvgIpc) is 2.44. The minimum atomic E-state index is -0.150. The molecule has 1 fully saturated rings. The highest BCUT2D eigenvalue weighted by Gasteiger charge is 2.43. The topological polar surface area (TPSA) is 16.6 Å². The second-order valence-electron chi connectivity index (χ2n) is 3.82. The number of hydrogen-bond acceptors (Lipinski definition) is 7. The molecule has 0 unspecified atom stereocenters. The molecule has 0 spiro atoms. The van der Waals surface area contributed by atoms with E-state index in [2.05, 4.69) is 42.6 Å². The minimum Gasteiger partial charge on any atom is -0.323 e. The Kier molecular flexibility index (Phi) is 7.69. The molecule has 1 aromatic rings. The second-order valence-corrected chi connectivity index (χ2v) is 13.9. The van der Waals surface area contributed by atoms with Gasteiger partial charge in [-0.1, -0.05) is 49.5 Å². The van der Waals surface area contributed by atoms with Crippen molar-refractivity contribution in [3.05, 3.63) is 35.9 Å². The molecule has 0 aromatic heterocycles. The van der Waals surface area contributed by atoms with Crippen LogP contribution < -0.4 is 5.32 Å². The lowest BCUT2D eigenvalue weighted by molar-refractivity contribution is -0.692. The van der Waals surface area contributed by atoms with E-state index in [0.717, 1.165) is 17.2 Å². The number of thiocarbonyl (C=S) groups is 1. The highest BCUT2D eigenvalue weighted by atomic mass is 33.9. The van der Waals surface area contributed by atoms with Gasteiger partial charge in [0.05, 0.1) is 6.54 Å². The summed E-state index contributed by atoms with van der Waals surface area (Å²) in [7, 11) is 10.8. The summed E-state index contributed by atoms with van der Waals surface area (Å²) in [5.41, 5.74) is 1.30. The maximum absolute atomic E-state index is 5.74. The Balaban J connectivity index is 2.33. The van der Waals surface area contributed by atoms with E-state index in [1.54, 1.807) is 30.4 Å². The van der Waals surface area contributed by atoms with Gasteiger partial charge in [-0.05, 0) is 67.3 Å². The molecule has 2 N–H and O–H groups in total. The summed E-state index contributed by atoms with van der Waals surface area (Å²) in [6, 6.07) is 10.6. The summed E-state index contributed by atoms with van der Waals surface area (Å²) in [5.74, 6) is 0. The van der Waals surface area contributed by atoms with E-state index in [-0.39, 0.29) is 4.87 Å². The molecule has 0 radical (unpaired) electrons. The van der Waals surface area contributed by atoms with Gasteiger partial charge >= 0.3 is 0 Å². The Labute approximate surface area is 142 Å². The summed E-state index contributed by atoms with van der Waals surface area (Å²) in [5, 5.41) is 2.40. The number of hydrogen-bond donors (Lipinski definition) is 1. The van der Waals surface area contributed by atoms with Crippen LogP contribution >= 0.6 is 73.1 Å². The first-order valence-corrected chi connectivity index (χ1v) is 13.7. The van der Waals surface area contributed by atoms with Crippen molar-refractivity contribution in [3.63, 3.8) is 0 Å². The van der Waals surface area contributed by atoms with Crippen molar-refractivity contribution in [2.75, 3.05) is 6.54 Å². The molecule has 1 atom stereocenters. The van der Waals surface area contributed by atoms with Crippen LogP contribution in [-0.4, -0.2) is 10.7 Å². The van der Waals surface area contributed by atoms with Crippen molar-refractivity contribution < 1.29 is 5.32 Å². The average molecular weight is 385 g/mol. The molecule has 0 aliphatic carbocycles. The molecule has 104 valence electrons. The monoisotopic (exact) mass is 384 g/mol. The van der Waals surface area contributed by atoms with Crippen LogP contribution in [0.25, 0.3) is 0 Å². The lowest BCUT2D eigenvalue weighted by Crippen LogP contribution is -2.95. The standard InChI is InChI=1S/C11H13NS7/c1-2-8-12-11(9-6-4-3-5-7-9)10(13)14-16-18-19-17-15-11/h3-7,12H,2,8H2,1H3/p+1/t11-/m1/s1. The molecule has 1 nitrogen and oxygen atoms in total. The SMILES string of the molecule is CCC[NH2+][C@]1(c2ccccc2)SSSSSSC1=S. The second kappa shape index (κ2) is 8.73. The molecule has 1 aliphatic rings. The van der Waals surface area contributed by atoms with Crippen molar-refractivity contribution in [2.45, 2.75) is 18.2 Å². The van der Waals surface area contributed by atoms with Gasteiger partial charge in [0.15, 0.2) is 0 Å². The normalized spacial score (nSPS) is 24.8. The Morgan fingerprint density at radius 3 is 2.58 bits per heavy atom. The lowest BCUT2D eigenvalue weighted by atomic mass is 10.1. The Morgan fingerprint density at radius 1 is 1.11 bits per heavy atom. The smallest absolute Gasteiger partial charge is 0.222 e. The molecule has 8 heteroatoms. The molecule has 1 aromatic carbocycles. The van der Waals surface area contributed by atoms with Crippen molar-refractivity contribution in [1.29, 1.82) is 0 Å². The van der Waals surface area contributed by atoms with Crippen LogP contribution in [0.4, 0.5) is 0 Å². The fourth-order valence-electron chi connectivity index (χ4n) is 1.67. The Bertz CT molecular complexity index is 409. The summed E-state index contributed by atoms with van der Waals surface area (Å²) < 4.78 is 1.06. The first-order valence-electron chi connectivity index (χ1n) is 5.76. The first kappa shape index (κ1) is 16.7. The van der Waals surface area contributed by atoms with E-state index in [4.69, 9.17) is 12.2 Å². The van der Waals surface area contributed by atoms with Gasteiger partial charge < -0.3 is 5.32 Å². The molecule has 1 aliphatic heterocycles. The molecule has 0 saturated carbocycles. The highest BCUT2D eigenvalue weighted by Crippen LogP contribution is 2.60. The molecule has 1 saturated heterocycles. The van der Waals surface area contributed by atoms with Crippen molar-refractivity contribution in [3.8, 4) is 0 Å². The van der Waals surface area contributed by atoms with E-state index in [9.17, 15) is 0 Å². The number of nitrogens with two attached hydrogens (primary N) is 1. The number of rotatable bonds is 4. The third kappa shape index (κ3) is 4.42. The van der Waals surface area contributed by atoms with Crippen LogP contribution in [0, 0.1) is 0 Å². The zero-order chi connectivity index (χ0) is 13.6. The molecular formula is C11H14NS7+. The minimum absolute atomic E-state index is 0.150. The fourth-order valence-corrected chi connectivity index (χ4v) is 15.3. The first-order chi connectivity index (χ1) is 9.29. The zero-order valence-electron chi connectivity index (χ0n) is 10.2. The molecule has 1 heterocycles. The number of benzene rings is 1. The summed E-state index contributed by atoms with van der Waals surface area (Å²) in [6.45, 7) is 3.30. The molecule has 2 rings (SSSR count).